The molecule has 2 aromatic rings. The Bertz CT molecular complexity index is 1210. The number of hydrogen-bond donors (Lipinski definition) is 4. The van der Waals surface area contributed by atoms with Crippen LogP contribution in [0.3, 0.4) is 0 Å². The van der Waals surface area contributed by atoms with Crippen molar-refractivity contribution in [2.75, 3.05) is 26.5 Å². The van der Waals surface area contributed by atoms with Crippen molar-refractivity contribution >= 4 is 28.5 Å². The number of nitrogens with two attached hydrogens (primary N) is 1. The minimum absolute atomic E-state index is 0.0321. The van der Waals surface area contributed by atoms with E-state index in [4.69, 9.17) is 20.4 Å². The molecule has 0 saturated carbocycles. The second-order valence-corrected chi connectivity index (χ2v) is 13.2. The van der Waals surface area contributed by atoms with Crippen LogP contribution in [-0.2, 0) is 37.2 Å². The summed E-state index contributed by atoms with van der Waals surface area (Å²) in [6, 6.07) is 15.4. The molecular formula is C34H55N3O8S. The molecule has 1 amide bonds. The Morgan fingerprint density at radius 2 is 1.59 bits per heavy atom. The number of aldehydes is 1. The number of sulfone groups is 1. The number of benzene rings is 2. The van der Waals surface area contributed by atoms with Crippen LogP contribution in [0.1, 0.15) is 70.4 Å². The van der Waals surface area contributed by atoms with Crippen LogP contribution in [0.5, 0.6) is 5.75 Å². The van der Waals surface area contributed by atoms with Gasteiger partial charge < -0.3 is 35.7 Å². The van der Waals surface area contributed by atoms with E-state index in [0.717, 1.165) is 36.7 Å². The average Bonchev–Trinajstić information content (AvgIpc) is 3.04. The number of carbonyl (C=O) groups is 3. The average molecular weight is 666 g/mol. The Balaban J connectivity index is 0.00000226. The number of likely N-dealkylation sites (N-methyl/N-ethyl adjacent to an activating group) is 1. The van der Waals surface area contributed by atoms with Gasteiger partial charge in [0, 0.05) is 25.6 Å². The van der Waals surface area contributed by atoms with Gasteiger partial charge in [-0.25, -0.2) is 8.42 Å². The number of hydrogen-bond acceptors (Lipinski definition) is 9. The number of methoxy groups -OCH3 is 1. The minimum atomic E-state index is -3.52. The highest BCUT2D eigenvalue weighted by Crippen LogP contribution is 2.19. The van der Waals surface area contributed by atoms with Gasteiger partial charge in [0.2, 0.25) is 5.91 Å². The number of aliphatic hydroxyl groups excluding tert-OH is 1. The van der Waals surface area contributed by atoms with Gasteiger partial charge in [-0.2, -0.15) is 0 Å². The number of carbonyl (C=O) groups excluding carboxylic acids is 2. The van der Waals surface area contributed by atoms with Crippen LogP contribution in [-0.4, -0.2) is 92.1 Å². The molecule has 0 aliphatic carbocycles. The van der Waals surface area contributed by atoms with Crippen molar-refractivity contribution < 1.29 is 37.8 Å². The first-order valence-electron chi connectivity index (χ1n) is 15.8. The van der Waals surface area contributed by atoms with Crippen molar-refractivity contribution in [3.63, 3.8) is 0 Å². The summed E-state index contributed by atoms with van der Waals surface area (Å²) in [5.41, 5.74) is 8.12. The van der Waals surface area contributed by atoms with Crippen LogP contribution in [0.15, 0.2) is 54.6 Å². The van der Waals surface area contributed by atoms with Crippen molar-refractivity contribution in [2.45, 2.75) is 95.7 Å². The minimum Gasteiger partial charge on any atom is -0.497 e. The highest BCUT2D eigenvalue weighted by atomic mass is 32.2. The first-order chi connectivity index (χ1) is 22.0. The van der Waals surface area contributed by atoms with E-state index in [0.29, 0.717) is 31.4 Å². The monoisotopic (exact) mass is 665 g/mol. The predicted octanol–water partition coefficient (Wildman–Crippen LogP) is 3.61. The molecule has 0 spiro atoms. The van der Waals surface area contributed by atoms with Crippen molar-refractivity contribution in [3.05, 3.63) is 65.7 Å². The van der Waals surface area contributed by atoms with E-state index in [9.17, 15) is 23.1 Å². The third kappa shape index (κ3) is 16.8. The molecule has 0 aromatic heterocycles. The summed E-state index contributed by atoms with van der Waals surface area (Å²) in [6.45, 7) is 5.81. The molecule has 46 heavy (non-hydrogen) atoms. The van der Waals surface area contributed by atoms with Crippen LogP contribution in [0.25, 0.3) is 0 Å². The molecule has 0 aliphatic heterocycles. The molecule has 0 heterocycles. The molecule has 11 nitrogen and oxygen atoms in total. The van der Waals surface area contributed by atoms with Gasteiger partial charge in [-0.3, -0.25) is 9.59 Å². The first-order valence-corrected chi connectivity index (χ1v) is 17.5. The first kappa shape index (κ1) is 42.7. The van der Waals surface area contributed by atoms with E-state index < -0.39 is 39.2 Å². The summed E-state index contributed by atoms with van der Waals surface area (Å²) in [7, 11) is -0.363. The zero-order chi connectivity index (χ0) is 35.0. The second kappa shape index (κ2) is 24.9. The van der Waals surface area contributed by atoms with Gasteiger partial charge >= 0.3 is 0 Å². The second-order valence-electron chi connectivity index (χ2n) is 10.9. The Hall–Kier alpha value is -3.32. The lowest BCUT2D eigenvalue weighted by Gasteiger charge is -2.31. The maximum Gasteiger partial charge on any atom is 0.290 e. The molecule has 5 N–H and O–H groups in total. The highest BCUT2D eigenvalue weighted by Gasteiger charge is 2.33. The molecule has 0 saturated heterocycles. The Morgan fingerprint density at radius 3 is 2.07 bits per heavy atom. The third-order valence-electron chi connectivity index (χ3n) is 7.22. The fraction of sp³-hybridized carbons (Fsp3) is 0.559. The zero-order valence-corrected chi connectivity index (χ0v) is 28.8. The molecule has 2 rings (SSSR count). The van der Waals surface area contributed by atoms with Crippen LogP contribution in [0, 0.1) is 0 Å². The molecule has 3 unspecified atom stereocenters. The van der Waals surface area contributed by atoms with E-state index in [1.54, 1.807) is 14.2 Å². The SMILES string of the molecule is CCCC(CCC)S(=O)(=O)CC(NC)C(=O)N(Cc1cccc(OC)c1)CC(O)C(N)Cc1ccccc1.CCCC=O.O=CO. The topological polar surface area (TPSA) is 176 Å². The van der Waals surface area contributed by atoms with Crippen LogP contribution in [0.4, 0.5) is 0 Å². The van der Waals surface area contributed by atoms with E-state index in [-0.39, 0.29) is 25.3 Å². The maximum absolute atomic E-state index is 13.8. The summed E-state index contributed by atoms with van der Waals surface area (Å²) in [4.78, 5) is 33.0. The van der Waals surface area contributed by atoms with E-state index in [2.05, 4.69) is 5.32 Å². The fourth-order valence-electron chi connectivity index (χ4n) is 4.74. The third-order valence-corrected chi connectivity index (χ3v) is 9.50. The lowest BCUT2D eigenvalue weighted by molar-refractivity contribution is -0.135. The van der Waals surface area contributed by atoms with Gasteiger partial charge in [-0.15, -0.1) is 0 Å². The molecule has 0 aliphatic rings. The summed E-state index contributed by atoms with van der Waals surface area (Å²) >= 11 is 0. The van der Waals surface area contributed by atoms with Crippen LogP contribution < -0.4 is 15.8 Å². The molecule has 12 heteroatoms. The molecule has 3 atom stereocenters. The van der Waals surface area contributed by atoms with Crippen LogP contribution in [0.2, 0.25) is 0 Å². The summed E-state index contributed by atoms with van der Waals surface area (Å²) in [6.07, 6.45) is 4.71. The van der Waals surface area contributed by atoms with Crippen molar-refractivity contribution in [1.82, 2.24) is 10.2 Å². The fourth-order valence-corrected chi connectivity index (χ4v) is 6.97. The number of nitrogens with one attached hydrogen (secondary N) is 1. The van der Waals surface area contributed by atoms with Gasteiger partial charge in [-0.1, -0.05) is 76.1 Å². The Labute approximate surface area is 275 Å². The Morgan fingerprint density at radius 1 is 1.00 bits per heavy atom. The molecular weight excluding hydrogens is 610 g/mol. The van der Waals surface area contributed by atoms with E-state index in [1.165, 1.54) is 4.90 Å². The van der Waals surface area contributed by atoms with Gasteiger partial charge in [0.15, 0.2) is 9.84 Å². The number of aliphatic hydroxyl groups is 1. The molecule has 0 radical (unpaired) electrons. The van der Waals surface area contributed by atoms with Gasteiger partial charge in [0.25, 0.3) is 6.47 Å². The normalized spacial score (nSPS) is 12.8. The zero-order valence-electron chi connectivity index (χ0n) is 28.0. The summed E-state index contributed by atoms with van der Waals surface area (Å²) in [5.74, 6) is -0.0455. The molecule has 0 bridgehead atoms. The maximum atomic E-state index is 13.8. The van der Waals surface area contributed by atoms with Crippen molar-refractivity contribution in [3.8, 4) is 5.75 Å². The van der Waals surface area contributed by atoms with Crippen molar-refractivity contribution in [2.24, 2.45) is 5.73 Å². The molecule has 0 fully saturated rings. The van der Waals surface area contributed by atoms with E-state index in [1.807, 2.05) is 75.4 Å². The van der Waals surface area contributed by atoms with Gasteiger partial charge in [0.05, 0.1) is 24.2 Å². The number of ether oxygens (including phenoxy) is 1. The predicted molar refractivity (Wildman–Crippen MR) is 182 cm³/mol. The molecule has 260 valence electrons. The quantitative estimate of drug-likeness (QED) is 0.162. The summed E-state index contributed by atoms with van der Waals surface area (Å²) < 4.78 is 31.9. The highest BCUT2D eigenvalue weighted by molar-refractivity contribution is 7.92. The van der Waals surface area contributed by atoms with Gasteiger partial charge in [-0.05, 0) is 56.0 Å². The number of amides is 1. The molecule has 2 aromatic carbocycles. The van der Waals surface area contributed by atoms with Crippen molar-refractivity contribution in [1.29, 1.82) is 0 Å². The smallest absolute Gasteiger partial charge is 0.290 e. The largest absolute Gasteiger partial charge is 0.497 e. The number of nitrogens with zero attached hydrogens (tertiary/aromatic N) is 1. The Kier molecular flexibility index (Phi) is 23.1. The number of carboxylic acid groups (broad SMARTS) is 1. The lowest BCUT2D eigenvalue weighted by Crippen LogP contribution is -2.53. The standard InChI is InChI=1S/C29H45N3O5S.C4H8O.CH2O2/c1-5-11-25(12-6-2)38(35,36)21-27(31-3)29(34)32(19-23-15-10-16-24(17-23)37-4)20-28(33)26(30)18-22-13-8-7-9-14-22;1-2-3-4-5;2-1-3/h7-10,13-17,25-28,31,33H,5-6,11-12,18-21,30H2,1-4H3;4H,2-3H2,1H3;1H,(H,2,3). The lowest BCUT2D eigenvalue weighted by atomic mass is 10.0. The number of unbranched alkanes of at least 4 members (excludes halogenated alkanes) is 1. The van der Waals surface area contributed by atoms with Crippen LogP contribution >= 0.6 is 0 Å². The number of rotatable bonds is 19. The van der Waals surface area contributed by atoms with Gasteiger partial charge in [0.1, 0.15) is 18.1 Å². The summed E-state index contributed by atoms with van der Waals surface area (Å²) in [5, 5.41) is 20.3. The van der Waals surface area contributed by atoms with E-state index >= 15 is 0 Å².